The van der Waals surface area contributed by atoms with Crippen LogP contribution >= 0.6 is 62.0 Å². The minimum absolute atomic E-state index is 0.167. The van der Waals surface area contributed by atoms with Gasteiger partial charge in [-0.2, -0.15) is 0 Å². The maximum Gasteiger partial charge on any atom is 0.238 e. The van der Waals surface area contributed by atoms with Gasteiger partial charge in [-0.25, -0.2) is 0 Å². The van der Waals surface area contributed by atoms with Crippen molar-refractivity contribution in [3.05, 3.63) is 93.0 Å². The van der Waals surface area contributed by atoms with E-state index in [4.69, 9.17) is 9.47 Å². The Balaban J connectivity index is 0.000000201. The molecule has 52 heavy (non-hydrogen) atoms. The van der Waals surface area contributed by atoms with Gasteiger partial charge in [-0.3, -0.25) is 19.4 Å². The molecule has 2 aliphatic rings. The minimum atomic E-state index is -0.394. The van der Waals surface area contributed by atoms with Crippen LogP contribution in [-0.4, -0.2) is 37.5 Å². The summed E-state index contributed by atoms with van der Waals surface area (Å²) in [7, 11) is 3.36. The van der Waals surface area contributed by atoms with E-state index in [9.17, 15) is 9.59 Å². The number of carbonyl (C=O) groups excluding carboxylic acids is 2. The van der Waals surface area contributed by atoms with E-state index in [2.05, 4.69) is 78.3 Å². The number of hydrogen-bond acceptors (Lipinski definition) is 6. The largest absolute Gasteiger partial charge is 0.496 e. The number of rotatable bonds is 10. The van der Waals surface area contributed by atoms with Crippen molar-refractivity contribution in [3.8, 4) is 11.5 Å². The zero-order valence-corrected chi connectivity index (χ0v) is 36.2. The number of carbonyl (C=O) groups is 2. The number of para-hydroxylation sites is 2. The predicted octanol–water partition coefficient (Wildman–Crippen LogP) is 12.7. The van der Waals surface area contributed by atoms with Gasteiger partial charge >= 0.3 is 0 Å². The van der Waals surface area contributed by atoms with E-state index in [0.717, 1.165) is 102 Å². The van der Waals surface area contributed by atoms with Crippen LogP contribution in [0, 0.1) is 14.4 Å². The number of fused-ring (bicyclic) bond motifs is 2. The van der Waals surface area contributed by atoms with Gasteiger partial charge in [0.15, 0.2) is 0 Å². The predicted molar refractivity (Wildman–Crippen MR) is 230 cm³/mol. The number of thioether (sulfide) groups is 2. The Bertz CT molecular complexity index is 1730. The Labute approximate surface area is 340 Å². The molecule has 0 saturated heterocycles. The summed E-state index contributed by atoms with van der Waals surface area (Å²) >= 11 is 9.36. The first-order valence-corrected chi connectivity index (χ1v) is 21.6. The Hall–Kier alpha value is -2.67. The van der Waals surface area contributed by atoms with E-state index < -0.39 is 5.41 Å². The molecule has 4 aromatic carbocycles. The number of nitrogens with zero attached hydrogens (tertiary/aromatic N) is 2. The lowest BCUT2D eigenvalue weighted by atomic mass is 9.85. The Morgan fingerprint density at radius 1 is 0.692 bits per heavy atom. The van der Waals surface area contributed by atoms with Gasteiger partial charge in [0.25, 0.3) is 0 Å². The van der Waals surface area contributed by atoms with Crippen LogP contribution in [0.2, 0.25) is 0 Å². The van der Waals surface area contributed by atoms with E-state index in [-0.39, 0.29) is 17.2 Å². The van der Waals surface area contributed by atoms with E-state index in [1.54, 1.807) is 37.7 Å². The SMILES string of the molecule is CCCCC1(C)CSc2cc(OC)c(Br)cc2N(c2ccccc2)C1=O.CCCCC1(C)CSc2cc(OC)c(I)cc2N(c2ccccc2)C1=O. The van der Waals surface area contributed by atoms with Crippen molar-refractivity contribution in [2.24, 2.45) is 10.8 Å². The fraction of sp³-hybridized carbons (Fsp3) is 0.381. The number of amides is 2. The molecule has 0 aromatic heterocycles. The van der Waals surface area contributed by atoms with Crippen LogP contribution in [0.4, 0.5) is 22.7 Å². The van der Waals surface area contributed by atoms with Crippen molar-refractivity contribution in [2.75, 3.05) is 35.5 Å². The van der Waals surface area contributed by atoms with E-state index in [1.165, 1.54) is 0 Å². The number of unbranched alkanes of at least 4 members (excludes halogenated alkanes) is 2. The molecule has 10 heteroatoms. The third kappa shape index (κ3) is 8.82. The van der Waals surface area contributed by atoms with Gasteiger partial charge in [-0.05, 0) is 114 Å². The lowest BCUT2D eigenvalue weighted by Gasteiger charge is -2.32. The Morgan fingerprint density at radius 2 is 1.12 bits per heavy atom. The highest BCUT2D eigenvalue weighted by Gasteiger charge is 2.42. The topological polar surface area (TPSA) is 59.1 Å². The summed E-state index contributed by atoms with van der Waals surface area (Å²) in [5.41, 5.74) is 2.92. The zero-order chi connectivity index (χ0) is 37.5. The second kappa shape index (κ2) is 18.1. The van der Waals surface area contributed by atoms with Crippen LogP contribution in [0.3, 0.4) is 0 Å². The summed E-state index contributed by atoms with van der Waals surface area (Å²) in [6.07, 6.45) is 6.09. The van der Waals surface area contributed by atoms with Crippen molar-refractivity contribution in [1.29, 1.82) is 0 Å². The highest BCUT2D eigenvalue weighted by Crippen LogP contribution is 2.50. The lowest BCUT2D eigenvalue weighted by Crippen LogP contribution is -2.40. The lowest BCUT2D eigenvalue weighted by molar-refractivity contribution is -0.126. The standard InChI is InChI=1S/C21H24BrNO2S.C21H24INO2S/c2*1-4-5-11-21(2)14-26-19-13-18(25-3)16(22)12-17(19)23(20(21)24)15-9-7-6-8-10-15/h2*6-10,12-13H,4-5,11,14H2,1-3H3. The van der Waals surface area contributed by atoms with Crippen molar-refractivity contribution in [1.82, 2.24) is 0 Å². The molecule has 6 rings (SSSR count). The fourth-order valence-corrected chi connectivity index (χ4v) is 10.1. The molecule has 0 aliphatic carbocycles. The van der Waals surface area contributed by atoms with Gasteiger partial charge in [0.2, 0.25) is 11.8 Å². The summed E-state index contributed by atoms with van der Waals surface area (Å²) < 4.78 is 12.8. The van der Waals surface area contributed by atoms with E-state index in [1.807, 2.05) is 82.6 Å². The highest BCUT2D eigenvalue weighted by molar-refractivity contribution is 14.1. The van der Waals surface area contributed by atoms with Crippen molar-refractivity contribution < 1.29 is 19.1 Å². The maximum absolute atomic E-state index is 13.7. The monoisotopic (exact) mass is 914 g/mol. The van der Waals surface area contributed by atoms with Gasteiger partial charge in [0, 0.05) is 32.7 Å². The average molecular weight is 916 g/mol. The molecule has 4 aromatic rings. The molecule has 2 heterocycles. The number of methoxy groups -OCH3 is 2. The molecule has 6 nitrogen and oxygen atoms in total. The molecule has 276 valence electrons. The van der Waals surface area contributed by atoms with Gasteiger partial charge in [0.05, 0.1) is 44.5 Å². The molecule has 0 radical (unpaired) electrons. The normalized spacial score (nSPS) is 19.8. The summed E-state index contributed by atoms with van der Waals surface area (Å²) in [6.45, 7) is 8.56. The number of halogens is 2. The van der Waals surface area contributed by atoms with Crippen molar-refractivity contribution >= 4 is 96.6 Å². The average Bonchev–Trinajstić information content (AvgIpc) is 3.33. The quantitative estimate of drug-likeness (QED) is 0.148. The van der Waals surface area contributed by atoms with E-state index in [0.29, 0.717) is 0 Å². The first kappa shape index (κ1) is 40.5. The van der Waals surface area contributed by atoms with Crippen molar-refractivity contribution in [3.63, 3.8) is 0 Å². The minimum Gasteiger partial charge on any atom is -0.496 e. The van der Waals surface area contributed by atoms with Crippen LogP contribution in [0.5, 0.6) is 11.5 Å². The second-order valence-electron chi connectivity index (χ2n) is 13.8. The van der Waals surface area contributed by atoms with Gasteiger partial charge in [-0.15, -0.1) is 23.5 Å². The van der Waals surface area contributed by atoms with Crippen LogP contribution < -0.4 is 19.3 Å². The van der Waals surface area contributed by atoms with Crippen LogP contribution in [0.15, 0.2) is 99.2 Å². The highest BCUT2D eigenvalue weighted by atomic mass is 127. The van der Waals surface area contributed by atoms with Crippen molar-refractivity contribution in [2.45, 2.75) is 76.0 Å². The summed E-state index contributed by atoms with van der Waals surface area (Å²) in [4.78, 5) is 33.3. The molecule has 0 spiro atoms. The van der Waals surface area contributed by atoms with Crippen LogP contribution in [0.25, 0.3) is 0 Å². The van der Waals surface area contributed by atoms with Gasteiger partial charge < -0.3 is 9.47 Å². The maximum atomic E-state index is 13.7. The molecular formula is C42H48BrIN2O4S2. The molecule has 0 bridgehead atoms. The fourth-order valence-electron chi connectivity index (χ4n) is 6.46. The molecule has 0 fully saturated rings. The number of ether oxygens (including phenoxy) is 2. The number of anilines is 4. The molecule has 2 atom stereocenters. The smallest absolute Gasteiger partial charge is 0.238 e. The van der Waals surface area contributed by atoms with E-state index >= 15 is 0 Å². The summed E-state index contributed by atoms with van der Waals surface area (Å²) in [6, 6.07) is 28.0. The Kier molecular flexibility index (Phi) is 14.1. The molecule has 0 saturated carbocycles. The van der Waals surface area contributed by atoms with Gasteiger partial charge in [0.1, 0.15) is 11.5 Å². The molecule has 2 aliphatic heterocycles. The van der Waals surface area contributed by atoms with Crippen LogP contribution in [0.1, 0.15) is 66.2 Å². The van der Waals surface area contributed by atoms with Gasteiger partial charge in [-0.1, -0.05) is 75.9 Å². The number of benzene rings is 4. The first-order valence-electron chi connectivity index (χ1n) is 17.8. The van der Waals surface area contributed by atoms with Crippen LogP contribution in [-0.2, 0) is 9.59 Å². The number of hydrogen-bond donors (Lipinski definition) is 0. The Morgan fingerprint density at radius 3 is 1.54 bits per heavy atom. The third-order valence-corrected chi connectivity index (χ3v) is 14.0. The third-order valence-electron chi connectivity index (χ3n) is 9.67. The molecular weight excluding hydrogens is 867 g/mol. The summed E-state index contributed by atoms with van der Waals surface area (Å²) in [5, 5.41) is 0. The second-order valence-corrected chi connectivity index (χ2v) is 17.8. The molecule has 2 amide bonds. The first-order chi connectivity index (χ1) is 25.0. The molecule has 0 N–H and O–H groups in total. The summed E-state index contributed by atoms with van der Waals surface area (Å²) in [5.74, 6) is 3.55. The molecule has 2 unspecified atom stereocenters. The zero-order valence-electron chi connectivity index (χ0n) is 30.8.